The molecule has 1 heterocycles. The van der Waals surface area contributed by atoms with Crippen LogP contribution >= 0.6 is 15.9 Å². The molecule has 124 valence electrons. The number of hydrogen-bond donors (Lipinski definition) is 2. The number of hydrogen-bond acceptors (Lipinski definition) is 4. The Hall–Kier alpha value is -1.14. The van der Waals surface area contributed by atoms with Crippen molar-refractivity contribution >= 4 is 27.5 Å². The second-order valence-electron chi connectivity index (χ2n) is 5.41. The smallest absolute Gasteiger partial charge is 0.256 e. The number of aromatic nitrogens is 1. The summed E-state index contributed by atoms with van der Waals surface area (Å²) in [6.45, 7) is 4.09. The van der Waals surface area contributed by atoms with E-state index in [9.17, 15) is 9.90 Å². The zero-order chi connectivity index (χ0) is 16.6. The van der Waals surface area contributed by atoms with Gasteiger partial charge >= 0.3 is 0 Å². The third kappa shape index (κ3) is 5.57. The van der Waals surface area contributed by atoms with E-state index in [2.05, 4.69) is 26.2 Å². The minimum Gasteiger partial charge on any atom is -0.481 e. The van der Waals surface area contributed by atoms with Gasteiger partial charge in [-0.15, -0.1) is 0 Å². The fourth-order valence-electron chi connectivity index (χ4n) is 2.19. The van der Waals surface area contributed by atoms with Crippen LogP contribution in [-0.4, -0.2) is 28.7 Å². The first-order valence-corrected chi connectivity index (χ1v) is 8.50. The van der Waals surface area contributed by atoms with Crippen LogP contribution in [0.25, 0.3) is 0 Å². The van der Waals surface area contributed by atoms with Crippen LogP contribution in [0.15, 0.2) is 16.7 Å². The maximum absolute atomic E-state index is 12.5. The van der Waals surface area contributed by atoms with Crippen molar-refractivity contribution in [3.8, 4) is 5.88 Å². The zero-order valence-electron chi connectivity index (χ0n) is 13.5. The molecule has 0 aliphatic rings. The van der Waals surface area contributed by atoms with E-state index in [0.717, 1.165) is 25.7 Å². The first kappa shape index (κ1) is 18.9. The van der Waals surface area contributed by atoms with Gasteiger partial charge in [-0.1, -0.05) is 39.5 Å². The maximum Gasteiger partial charge on any atom is 0.256 e. The summed E-state index contributed by atoms with van der Waals surface area (Å²) in [7, 11) is 1.51. The van der Waals surface area contributed by atoms with E-state index >= 15 is 0 Å². The van der Waals surface area contributed by atoms with Crippen molar-refractivity contribution in [3.63, 3.8) is 0 Å². The van der Waals surface area contributed by atoms with E-state index in [1.807, 2.05) is 13.8 Å². The topological polar surface area (TPSA) is 71.5 Å². The highest BCUT2D eigenvalue weighted by molar-refractivity contribution is 9.10. The Bertz CT molecular complexity index is 486. The molecule has 2 N–H and O–H groups in total. The summed E-state index contributed by atoms with van der Waals surface area (Å²) in [4.78, 5) is 16.6. The molecule has 0 radical (unpaired) electrons. The van der Waals surface area contributed by atoms with Gasteiger partial charge in [0, 0.05) is 11.8 Å². The molecule has 0 aliphatic carbocycles. The molecule has 1 amide bonds. The molecule has 0 atom stereocenters. The van der Waals surface area contributed by atoms with Crippen LogP contribution in [0.4, 0.5) is 5.69 Å². The second kappa shape index (κ2) is 9.10. The van der Waals surface area contributed by atoms with Crippen LogP contribution in [0.1, 0.15) is 52.4 Å². The summed E-state index contributed by atoms with van der Waals surface area (Å²) in [5.41, 5.74) is -0.773. The number of rotatable bonds is 9. The fraction of sp³-hybridized carbons (Fsp3) is 0.625. The number of nitrogens with one attached hydrogen (secondary N) is 1. The number of nitrogens with zero attached hydrogens (tertiary/aromatic N) is 1. The van der Waals surface area contributed by atoms with Crippen molar-refractivity contribution in [2.75, 3.05) is 12.4 Å². The van der Waals surface area contributed by atoms with E-state index in [1.165, 1.54) is 7.11 Å². The fourth-order valence-corrected chi connectivity index (χ4v) is 2.61. The Morgan fingerprint density at radius 2 is 1.91 bits per heavy atom. The lowest BCUT2D eigenvalue weighted by atomic mass is 9.90. The van der Waals surface area contributed by atoms with Crippen LogP contribution in [-0.2, 0) is 4.79 Å². The Kier molecular flexibility index (Phi) is 7.82. The molecule has 0 saturated heterocycles. The average Bonchev–Trinajstić information content (AvgIpc) is 2.50. The Balaban J connectivity index is 2.87. The third-order valence-electron chi connectivity index (χ3n) is 3.55. The molecule has 1 aromatic rings. The lowest BCUT2D eigenvalue weighted by molar-refractivity contribution is -0.135. The number of carbonyl (C=O) groups excluding carboxylic acids is 1. The first-order valence-electron chi connectivity index (χ1n) is 7.70. The van der Waals surface area contributed by atoms with Gasteiger partial charge in [-0.25, -0.2) is 4.98 Å². The minimum atomic E-state index is -1.32. The number of carbonyl (C=O) groups is 1. The Morgan fingerprint density at radius 1 is 1.32 bits per heavy atom. The Morgan fingerprint density at radius 3 is 2.41 bits per heavy atom. The molecule has 0 aliphatic heterocycles. The van der Waals surface area contributed by atoms with Gasteiger partial charge in [0.2, 0.25) is 5.88 Å². The summed E-state index contributed by atoms with van der Waals surface area (Å²) in [6, 6.07) is 3.31. The van der Waals surface area contributed by atoms with Gasteiger partial charge in [-0.2, -0.15) is 0 Å². The zero-order valence-corrected chi connectivity index (χ0v) is 15.1. The SMILES string of the molecule is CCCCC(O)(CCCC)C(=O)Nc1cc(Br)nc(OC)c1. The Labute approximate surface area is 140 Å². The van der Waals surface area contributed by atoms with Gasteiger partial charge in [0.1, 0.15) is 10.2 Å². The molecule has 0 fully saturated rings. The number of methoxy groups -OCH3 is 1. The number of pyridine rings is 1. The molecule has 0 spiro atoms. The molecule has 0 bridgehead atoms. The van der Waals surface area contributed by atoms with Crippen LogP contribution in [0.3, 0.4) is 0 Å². The van der Waals surface area contributed by atoms with E-state index in [4.69, 9.17) is 4.74 Å². The molecular formula is C16H25BrN2O3. The minimum absolute atomic E-state index is 0.366. The summed E-state index contributed by atoms with van der Waals surface area (Å²) in [5.74, 6) is 0.0323. The standard InChI is InChI=1S/C16H25BrN2O3/c1-4-6-8-16(21,9-7-5-2)15(20)18-12-10-13(17)19-14(11-12)22-3/h10-11,21H,4-9H2,1-3H3,(H,18,19,20). The largest absolute Gasteiger partial charge is 0.481 e. The van der Waals surface area contributed by atoms with Crippen LogP contribution in [0.5, 0.6) is 5.88 Å². The van der Waals surface area contributed by atoms with E-state index in [0.29, 0.717) is 29.0 Å². The number of anilines is 1. The summed E-state index contributed by atoms with van der Waals surface area (Å²) < 4.78 is 5.64. The van der Waals surface area contributed by atoms with Gasteiger partial charge in [0.15, 0.2) is 0 Å². The predicted octanol–water partition coefficient (Wildman–Crippen LogP) is 3.90. The highest BCUT2D eigenvalue weighted by Gasteiger charge is 2.34. The molecule has 1 rings (SSSR count). The van der Waals surface area contributed by atoms with Gasteiger partial charge in [0.25, 0.3) is 5.91 Å². The van der Waals surface area contributed by atoms with Crippen LogP contribution in [0, 0.1) is 0 Å². The van der Waals surface area contributed by atoms with Gasteiger partial charge in [0.05, 0.1) is 7.11 Å². The van der Waals surface area contributed by atoms with Crippen molar-refractivity contribution in [1.82, 2.24) is 4.98 Å². The molecule has 22 heavy (non-hydrogen) atoms. The van der Waals surface area contributed by atoms with E-state index in [1.54, 1.807) is 12.1 Å². The van der Waals surface area contributed by atoms with Crippen molar-refractivity contribution in [3.05, 3.63) is 16.7 Å². The number of unbranched alkanes of at least 4 members (excludes halogenated alkanes) is 2. The number of amides is 1. The first-order chi connectivity index (χ1) is 10.4. The molecule has 5 nitrogen and oxygen atoms in total. The highest BCUT2D eigenvalue weighted by atomic mass is 79.9. The summed E-state index contributed by atoms with van der Waals surface area (Å²) in [6.07, 6.45) is 4.46. The predicted molar refractivity (Wildman–Crippen MR) is 91.1 cm³/mol. The molecule has 0 aromatic carbocycles. The van der Waals surface area contributed by atoms with Crippen molar-refractivity contribution in [2.24, 2.45) is 0 Å². The van der Waals surface area contributed by atoms with Gasteiger partial charge < -0.3 is 15.2 Å². The summed E-state index contributed by atoms with van der Waals surface area (Å²) in [5, 5.41) is 13.5. The van der Waals surface area contributed by atoms with Crippen molar-refractivity contribution in [2.45, 2.75) is 58.0 Å². The van der Waals surface area contributed by atoms with E-state index in [-0.39, 0.29) is 5.91 Å². The van der Waals surface area contributed by atoms with Gasteiger partial charge in [-0.3, -0.25) is 4.79 Å². The monoisotopic (exact) mass is 372 g/mol. The van der Waals surface area contributed by atoms with Crippen molar-refractivity contribution < 1.29 is 14.6 Å². The van der Waals surface area contributed by atoms with Crippen LogP contribution < -0.4 is 10.1 Å². The molecule has 0 unspecified atom stereocenters. The highest BCUT2D eigenvalue weighted by Crippen LogP contribution is 2.26. The van der Waals surface area contributed by atoms with Gasteiger partial charge in [-0.05, 0) is 34.8 Å². The summed E-state index contributed by atoms with van der Waals surface area (Å²) >= 11 is 3.27. The third-order valence-corrected chi connectivity index (χ3v) is 3.95. The maximum atomic E-state index is 12.5. The molecule has 1 aromatic heterocycles. The van der Waals surface area contributed by atoms with E-state index < -0.39 is 5.60 Å². The average molecular weight is 373 g/mol. The lowest BCUT2D eigenvalue weighted by Gasteiger charge is -2.27. The van der Waals surface area contributed by atoms with Crippen LogP contribution in [0.2, 0.25) is 0 Å². The lowest BCUT2D eigenvalue weighted by Crippen LogP contribution is -2.43. The number of ether oxygens (including phenoxy) is 1. The second-order valence-corrected chi connectivity index (χ2v) is 6.23. The quantitative estimate of drug-likeness (QED) is 0.644. The number of aliphatic hydroxyl groups is 1. The number of halogens is 1. The van der Waals surface area contributed by atoms with Crippen molar-refractivity contribution in [1.29, 1.82) is 0 Å². The molecule has 0 saturated carbocycles. The normalized spacial score (nSPS) is 11.3. The molecule has 6 heteroatoms. The molecular weight excluding hydrogens is 348 g/mol.